The van der Waals surface area contributed by atoms with Gasteiger partial charge in [0.2, 0.25) is 12.7 Å². The molecule has 0 fully saturated rings. The quantitative estimate of drug-likeness (QED) is 0.531. The maximum atomic E-state index is 12.0. The van der Waals surface area contributed by atoms with E-state index in [9.17, 15) is 9.59 Å². The first-order chi connectivity index (χ1) is 11.6. The van der Waals surface area contributed by atoms with Crippen LogP contribution in [0.4, 0.5) is 5.69 Å². The third kappa shape index (κ3) is 3.92. The summed E-state index contributed by atoms with van der Waals surface area (Å²) in [6.07, 6.45) is 3.09. The number of hydrogen-bond donors (Lipinski definition) is 1. The summed E-state index contributed by atoms with van der Waals surface area (Å²) < 4.78 is 15.4. The molecule has 122 valence electrons. The summed E-state index contributed by atoms with van der Waals surface area (Å²) in [5.41, 5.74) is 1.44. The van der Waals surface area contributed by atoms with Crippen LogP contribution in [0.25, 0.3) is 6.08 Å². The monoisotopic (exact) mass is 325 g/mol. The van der Waals surface area contributed by atoms with Crippen LogP contribution in [-0.4, -0.2) is 18.7 Å². The van der Waals surface area contributed by atoms with Gasteiger partial charge >= 0.3 is 5.97 Å². The fourth-order valence-electron chi connectivity index (χ4n) is 2.14. The number of carbonyl (C=O) groups is 2. The number of carbonyl (C=O) groups excluding carboxylic acids is 2. The molecule has 24 heavy (non-hydrogen) atoms. The number of amides is 1. The van der Waals surface area contributed by atoms with Gasteiger partial charge in [0.15, 0.2) is 11.5 Å². The fraction of sp³-hybridized carbons (Fsp3) is 0.111. The number of anilines is 1. The number of ether oxygens (including phenoxy) is 3. The van der Waals surface area contributed by atoms with Crippen molar-refractivity contribution in [1.29, 1.82) is 0 Å². The molecule has 0 radical (unpaired) electrons. The van der Waals surface area contributed by atoms with Crippen molar-refractivity contribution in [2.75, 3.05) is 12.1 Å². The Morgan fingerprint density at radius 1 is 1.08 bits per heavy atom. The summed E-state index contributed by atoms with van der Waals surface area (Å²) in [5, 5.41) is 2.75. The van der Waals surface area contributed by atoms with E-state index in [0.29, 0.717) is 22.9 Å². The zero-order chi connectivity index (χ0) is 16.9. The van der Waals surface area contributed by atoms with Crippen molar-refractivity contribution in [2.45, 2.75) is 6.92 Å². The lowest BCUT2D eigenvalue weighted by Gasteiger charge is -2.03. The molecule has 1 N–H and O–H groups in total. The minimum Gasteiger partial charge on any atom is -0.454 e. The van der Waals surface area contributed by atoms with Crippen LogP contribution in [0.1, 0.15) is 12.5 Å². The Kier molecular flexibility index (Phi) is 4.47. The zero-order valence-electron chi connectivity index (χ0n) is 12.9. The molecule has 1 heterocycles. The molecule has 0 unspecified atom stereocenters. The molecule has 0 bridgehead atoms. The molecule has 0 saturated carbocycles. The molecule has 6 heteroatoms. The average molecular weight is 325 g/mol. The Balaban J connectivity index is 1.60. The number of rotatable bonds is 4. The lowest BCUT2D eigenvalue weighted by molar-refractivity contribution is -0.131. The highest BCUT2D eigenvalue weighted by atomic mass is 16.7. The Bertz CT molecular complexity index is 796. The molecule has 1 amide bonds. The van der Waals surface area contributed by atoms with Gasteiger partial charge in [0.05, 0.1) is 0 Å². The first kappa shape index (κ1) is 15.6. The second-order valence-corrected chi connectivity index (χ2v) is 5.05. The van der Waals surface area contributed by atoms with Gasteiger partial charge in [0.1, 0.15) is 5.75 Å². The van der Waals surface area contributed by atoms with E-state index in [1.54, 1.807) is 48.5 Å². The first-order valence-corrected chi connectivity index (χ1v) is 7.27. The lowest BCUT2D eigenvalue weighted by Crippen LogP contribution is -2.07. The third-order valence-electron chi connectivity index (χ3n) is 3.21. The molecule has 1 aliphatic rings. The van der Waals surface area contributed by atoms with Crippen LogP contribution in [0.5, 0.6) is 17.2 Å². The molecule has 0 aliphatic carbocycles. The summed E-state index contributed by atoms with van der Waals surface area (Å²) in [6, 6.07) is 12.0. The molecule has 0 atom stereocenters. The number of nitrogens with one attached hydrogen (secondary N) is 1. The van der Waals surface area contributed by atoms with Crippen LogP contribution < -0.4 is 19.5 Å². The maximum Gasteiger partial charge on any atom is 0.308 e. The highest BCUT2D eigenvalue weighted by Crippen LogP contribution is 2.34. The SMILES string of the molecule is CC(=O)Oc1ccc(/C=C/C(=O)Nc2ccc3c(c2)OCO3)cc1. The van der Waals surface area contributed by atoms with Gasteiger partial charge in [0.25, 0.3) is 0 Å². The summed E-state index contributed by atoms with van der Waals surface area (Å²) in [7, 11) is 0. The first-order valence-electron chi connectivity index (χ1n) is 7.27. The van der Waals surface area contributed by atoms with Gasteiger partial charge in [-0.2, -0.15) is 0 Å². The van der Waals surface area contributed by atoms with Gasteiger partial charge in [-0.3, -0.25) is 9.59 Å². The molecule has 6 nitrogen and oxygen atoms in total. The van der Waals surface area contributed by atoms with E-state index in [-0.39, 0.29) is 18.7 Å². The Labute approximate surface area is 138 Å². The van der Waals surface area contributed by atoms with Gasteiger partial charge in [-0.05, 0) is 35.9 Å². The van der Waals surface area contributed by atoms with Gasteiger partial charge in [-0.15, -0.1) is 0 Å². The van der Waals surface area contributed by atoms with Crippen molar-refractivity contribution in [1.82, 2.24) is 0 Å². The van der Waals surface area contributed by atoms with Crippen LogP contribution in [0.15, 0.2) is 48.5 Å². The van der Waals surface area contributed by atoms with Gasteiger partial charge in [0, 0.05) is 24.8 Å². The Hall–Kier alpha value is -3.28. The van der Waals surface area contributed by atoms with E-state index in [2.05, 4.69) is 5.32 Å². The molecule has 1 aliphatic heterocycles. The van der Waals surface area contributed by atoms with Crippen LogP contribution in [0.3, 0.4) is 0 Å². The van der Waals surface area contributed by atoms with Crippen LogP contribution in [0, 0.1) is 0 Å². The molecular weight excluding hydrogens is 310 g/mol. The van der Waals surface area contributed by atoms with Crippen molar-refractivity contribution in [2.24, 2.45) is 0 Å². The predicted molar refractivity (Wildman–Crippen MR) is 88.0 cm³/mol. The van der Waals surface area contributed by atoms with Crippen molar-refractivity contribution < 1.29 is 23.8 Å². The molecule has 2 aromatic rings. The number of esters is 1. The van der Waals surface area contributed by atoms with Gasteiger partial charge in [-0.1, -0.05) is 12.1 Å². The van der Waals surface area contributed by atoms with Crippen LogP contribution in [0.2, 0.25) is 0 Å². The van der Waals surface area contributed by atoms with Crippen molar-refractivity contribution in [3.8, 4) is 17.2 Å². The molecule has 0 saturated heterocycles. The fourth-order valence-corrected chi connectivity index (χ4v) is 2.14. The molecular formula is C18H15NO5. The Morgan fingerprint density at radius 2 is 1.83 bits per heavy atom. The van der Waals surface area contributed by atoms with E-state index in [0.717, 1.165) is 5.56 Å². The van der Waals surface area contributed by atoms with Crippen LogP contribution in [-0.2, 0) is 9.59 Å². The normalized spacial score (nSPS) is 12.2. The predicted octanol–water partition coefficient (Wildman–Crippen LogP) is 2.99. The van der Waals surface area contributed by atoms with E-state index in [1.807, 2.05) is 0 Å². The van der Waals surface area contributed by atoms with E-state index in [1.165, 1.54) is 13.0 Å². The minimum absolute atomic E-state index is 0.190. The molecule has 0 spiro atoms. The van der Waals surface area contributed by atoms with E-state index in [4.69, 9.17) is 14.2 Å². The van der Waals surface area contributed by atoms with E-state index >= 15 is 0 Å². The largest absolute Gasteiger partial charge is 0.454 e. The number of benzene rings is 2. The van der Waals surface area contributed by atoms with Crippen molar-refractivity contribution in [3.05, 3.63) is 54.1 Å². The molecule has 2 aromatic carbocycles. The average Bonchev–Trinajstić information content (AvgIpc) is 3.01. The van der Waals surface area contributed by atoms with Crippen molar-refractivity contribution in [3.63, 3.8) is 0 Å². The third-order valence-corrected chi connectivity index (χ3v) is 3.21. The Morgan fingerprint density at radius 3 is 2.58 bits per heavy atom. The molecule has 3 rings (SSSR count). The summed E-state index contributed by atoms with van der Waals surface area (Å²) in [5.74, 6) is 1.10. The summed E-state index contributed by atoms with van der Waals surface area (Å²) >= 11 is 0. The van der Waals surface area contributed by atoms with Crippen LogP contribution >= 0.6 is 0 Å². The van der Waals surface area contributed by atoms with Gasteiger partial charge in [-0.25, -0.2) is 0 Å². The molecule has 0 aromatic heterocycles. The standard InChI is InChI=1S/C18H15NO5/c1-12(20)24-15-6-2-13(3-7-15)4-9-18(21)19-14-5-8-16-17(10-14)23-11-22-16/h2-10H,11H2,1H3,(H,19,21)/b9-4+. The second-order valence-electron chi connectivity index (χ2n) is 5.05. The van der Waals surface area contributed by atoms with Gasteiger partial charge < -0.3 is 19.5 Å². The lowest BCUT2D eigenvalue weighted by atomic mass is 10.2. The second kappa shape index (κ2) is 6.87. The minimum atomic E-state index is -0.374. The smallest absolute Gasteiger partial charge is 0.308 e. The van der Waals surface area contributed by atoms with Crippen molar-refractivity contribution >= 4 is 23.6 Å². The zero-order valence-corrected chi connectivity index (χ0v) is 12.9. The summed E-state index contributed by atoms with van der Waals surface area (Å²) in [4.78, 5) is 22.8. The number of fused-ring (bicyclic) bond motifs is 1. The topological polar surface area (TPSA) is 73.9 Å². The maximum absolute atomic E-state index is 12.0. The summed E-state index contributed by atoms with van der Waals surface area (Å²) in [6.45, 7) is 1.53. The highest BCUT2D eigenvalue weighted by Gasteiger charge is 2.13. The van der Waals surface area contributed by atoms with E-state index < -0.39 is 0 Å². The number of hydrogen-bond acceptors (Lipinski definition) is 5. The highest BCUT2D eigenvalue weighted by molar-refractivity contribution is 6.02.